The van der Waals surface area contributed by atoms with Crippen LogP contribution in [0.4, 0.5) is 11.4 Å². The largest absolute Gasteiger partial charge is 0.443 e. The molecule has 0 radical (unpaired) electrons. The Kier molecular flexibility index (Phi) is 4.68. The monoisotopic (exact) mass is 468 g/mol. The number of sulfonamides is 2. The molecule has 0 aliphatic carbocycles. The Balaban J connectivity index is 1.47. The Bertz CT molecular complexity index is 1480. The molecule has 0 saturated carbocycles. The summed E-state index contributed by atoms with van der Waals surface area (Å²) >= 11 is 0. The second-order valence-electron chi connectivity index (χ2n) is 6.96. The van der Waals surface area contributed by atoms with E-state index in [9.17, 15) is 16.8 Å². The van der Waals surface area contributed by atoms with Crippen LogP contribution in [0.15, 0.2) is 104 Å². The van der Waals surface area contributed by atoms with E-state index < -0.39 is 20.0 Å². The zero-order chi connectivity index (χ0) is 22.3. The molecule has 162 valence electrons. The van der Waals surface area contributed by atoms with Crippen molar-refractivity contribution < 1.29 is 25.7 Å². The van der Waals surface area contributed by atoms with Gasteiger partial charge in [0.1, 0.15) is 11.2 Å². The molecule has 0 spiro atoms. The number of hydrogen-bond acceptors (Lipinski definition) is 6. The number of anilines is 2. The zero-order valence-electron chi connectivity index (χ0n) is 16.3. The van der Waals surface area contributed by atoms with E-state index in [2.05, 4.69) is 9.44 Å². The van der Waals surface area contributed by atoms with E-state index in [1.807, 2.05) is 0 Å². The number of fused-ring (bicyclic) bond motifs is 2. The maximum Gasteiger partial charge on any atom is 0.295 e. The van der Waals surface area contributed by atoms with Crippen molar-refractivity contribution in [3.05, 3.63) is 84.9 Å². The van der Waals surface area contributed by atoms with Crippen LogP contribution in [0, 0.1) is 0 Å². The lowest BCUT2D eigenvalue weighted by atomic mass is 10.3. The Labute approximate surface area is 183 Å². The van der Waals surface area contributed by atoms with E-state index in [1.54, 1.807) is 60.7 Å². The normalized spacial score (nSPS) is 12.2. The molecule has 2 aromatic heterocycles. The summed E-state index contributed by atoms with van der Waals surface area (Å²) in [4.78, 5) is 0. The third-order valence-corrected chi connectivity index (χ3v) is 7.19. The molecule has 0 fully saturated rings. The fourth-order valence-electron chi connectivity index (χ4n) is 3.23. The number of furan rings is 2. The lowest BCUT2D eigenvalue weighted by Gasteiger charge is -2.12. The number of rotatable bonds is 6. The van der Waals surface area contributed by atoms with Gasteiger partial charge in [-0.3, -0.25) is 9.44 Å². The average Bonchev–Trinajstić information content (AvgIpc) is 3.40. The van der Waals surface area contributed by atoms with Gasteiger partial charge in [-0.2, -0.15) is 16.8 Å². The Morgan fingerprint density at radius 1 is 0.531 bits per heavy atom. The van der Waals surface area contributed by atoms with E-state index in [0.29, 0.717) is 21.9 Å². The summed E-state index contributed by atoms with van der Waals surface area (Å²) < 4.78 is 67.2. The third kappa shape index (κ3) is 3.70. The molecular weight excluding hydrogens is 452 g/mol. The van der Waals surface area contributed by atoms with Crippen LogP contribution in [0.2, 0.25) is 0 Å². The molecular formula is C22H16N2O6S2. The molecule has 8 nitrogen and oxygen atoms in total. The predicted octanol–water partition coefficient (Wildman–Crippen LogP) is 4.78. The first-order chi connectivity index (χ1) is 15.3. The minimum absolute atomic E-state index is 0.0349. The van der Waals surface area contributed by atoms with Crippen molar-refractivity contribution in [2.75, 3.05) is 9.44 Å². The van der Waals surface area contributed by atoms with Gasteiger partial charge >= 0.3 is 0 Å². The summed E-state index contributed by atoms with van der Waals surface area (Å²) in [5, 5.41) is 0.695. The molecule has 5 rings (SSSR count). The zero-order valence-corrected chi connectivity index (χ0v) is 18.0. The van der Waals surface area contributed by atoms with Crippen molar-refractivity contribution in [1.29, 1.82) is 0 Å². The summed E-state index contributed by atoms with van der Waals surface area (Å²) in [5.74, 6) is 0. The molecule has 0 aliphatic heterocycles. The quantitative estimate of drug-likeness (QED) is 0.370. The van der Waals surface area contributed by atoms with Gasteiger partial charge in [-0.1, -0.05) is 48.5 Å². The van der Waals surface area contributed by atoms with Crippen molar-refractivity contribution in [2.45, 2.75) is 10.2 Å². The highest BCUT2D eigenvalue weighted by Crippen LogP contribution is 2.30. The minimum Gasteiger partial charge on any atom is -0.443 e. The smallest absolute Gasteiger partial charge is 0.295 e. The molecule has 0 saturated heterocycles. The van der Waals surface area contributed by atoms with Crippen LogP contribution in [-0.2, 0) is 20.0 Å². The van der Waals surface area contributed by atoms with Gasteiger partial charge in [0.05, 0.1) is 11.4 Å². The van der Waals surface area contributed by atoms with Crippen LogP contribution in [-0.4, -0.2) is 16.8 Å². The van der Waals surface area contributed by atoms with Crippen LogP contribution < -0.4 is 9.44 Å². The average molecular weight is 469 g/mol. The number of para-hydroxylation sites is 4. The van der Waals surface area contributed by atoms with Crippen molar-refractivity contribution in [3.63, 3.8) is 0 Å². The summed E-state index contributed by atoms with van der Waals surface area (Å²) in [6.45, 7) is 0. The SMILES string of the molecule is O=S(=O)(Nc1ccccc1NS(=O)(=O)c1cc2ccccc2o1)c1cc2ccccc2o1. The first-order valence-electron chi connectivity index (χ1n) is 9.44. The highest BCUT2D eigenvalue weighted by atomic mass is 32.2. The molecule has 3 aromatic carbocycles. The van der Waals surface area contributed by atoms with Gasteiger partial charge in [-0.05, 0) is 24.3 Å². The molecule has 0 bridgehead atoms. The standard InChI is InChI=1S/C22H16N2O6S2/c25-31(26,21-13-15-7-1-5-11-19(15)29-21)23-17-9-3-4-10-18(17)24-32(27,28)22-14-16-8-2-6-12-20(16)30-22/h1-14,23-24H. The molecule has 32 heavy (non-hydrogen) atoms. The molecule has 2 N–H and O–H groups in total. The number of hydrogen-bond donors (Lipinski definition) is 2. The van der Waals surface area contributed by atoms with Crippen molar-refractivity contribution in [3.8, 4) is 0 Å². The van der Waals surface area contributed by atoms with Crippen LogP contribution in [0.25, 0.3) is 21.9 Å². The van der Waals surface area contributed by atoms with Crippen LogP contribution in [0.1, 0.15) is 0 Å². The van der Waals surface area contributed by atoms with Gasteiger partial charge in [-0.25, -0.2) is 0 Å². The summed E-state index contributed by atoms with van der Waals surface area (Å²) in [5.41, 5.74) is 0.916. The topological polar surface area (TPSA) is 119 Å². The Hall–Kier alpha value is -3.76. The summed E-state index contributed by atoms with van der Waals surface area (Å²) in [7, 11) is -8.23. The van der Waals surface area contributed by atoms with Gasteiger partial charge in [0.25, 0.3) is 20.0 Å². The fraction of sp³-hybridized carbons (Fsp3) is 0. The Morgan fingerprint density at radius 3 is 1.31 bits per heavy atom. The van der Waals surface area contributed by atoms with Crippen LogP contribution in [0.3, 0.4) is 0 Å². The van der Waals surface area contributed by atoms with E-state index in [1.165, 1.54) is 24.3 Å². The molecule has 10 heteroatoms. The molecule has 0 atom stereocenters. The maximum atomic E-state index is 12.9. The predicted molar refractivity (Wildman–Crippen MR) is 120 cm³/mol. The highest BCUT2D eigenvalue weighted by Gasteiger charge is 2.24. The van der Waals surface area contributed by atoms with E-state index >= 15 is 0 Å². The fourth-order valence-corrected chi connectivity index (χ4v) is 5.33. The van der Waals surface area contributed by atoms with Gasteiger partial charge in [0.15, 0.2) is 0 Å². The molecule has 2 heterocycles. The maximum absolute atomic E-state index is 12.9. The van der Waals surface area contributed by atoms with Crippen LogP contribution in [0.5, 0.6) is 0 Å². The van der Waals surface area contributed by atoms with Crippen molar-refractivity contribution >= 4 is 53.4 Å². The third-order valence-electron chi connectivity index (χ3n) is 4.75. The lowest BCUT2D eigenvalue weighted by molar-refractivity contribution is 0.484. The molecule has 0 unspecified atom stereocenters. The Morgan fingerprint density at radius 2 is 0.906 bits per heavy atom. The number of benzene rings is 3. The second-order valence-corrected chi connectivity index (χ2v) is 10.2. The van der Waals surface area contributed by atoms with Gasteiger partial charge in [-0.15, -0.1) is 0 Å². The van der Waals surface area contributed by atoms with Crippen molar-refractivity contribution in [2.24, 2.45) is 0 Å². The van der Waals surface area contributed by atoms with Gasteiger partial charge in [0, 0.05) is 22.9 Å². The number of nitrogens with one attached hydrogen (secondary N) is 2. The van der Waals surface area contributed by atoms with E-state index in [0.717, 1.165) is 0 Å². The lowest BCUT2D eigenvalue weighted by Crippen LogP contribution is -2.17. The van der Waals surface area contributed by atoms with E-state index in [4.69, 9.17) is 8.83 Å². The second kappa shape index (κ2) is 7.43. The molecule has 0 aliphatic rings. The minimum atomic E-state index is -4.11. The summed E-state index contributed by atoms with van der Waals surface area (Å²) in [6, 6.07) is 22.6. The van der Waals surface area contributed by atoms with Gasteiger partial charge in [0.2, 0.25) is 10.2 Å². The molecule has 0 amide bonds. The molecule has 5 aromatic rings. The van der Waals surface area contributed by atoms with Crippen LogP contribution >= 0.6 is 0 Å². The highest BCUT2D eigenvalue weighted by molar-refractivity contribution is 7.93. The van der Waals surface area contributed by atoms with Gasteiger partial charge < -0.3 is 8.83 Å². The van der Waals surface area contributed by atoms with Crippen molar-refractivity contribution in [1.82, 2.24) is 0 Å². The first-order valence-corrected chi connectivity index (χ1v) is 12.4. The first kappa shape index (κ1) is 20.2. The van der Waals surface area contributed by atoms with E-state index in [-0.39, 0.29) is 21.6 Å². The summed E-state index contributed by atoms with van der Waals surface area (Å²) in [6.07, 6.45) is 0.